The van der Waals surface area contributed by atoms with Crippen molar-refractivity contribution >= 4 is 5.91 Å². The Kier molecular flexibility index (Phi) is 4.00. The standard InChI is InChI=1S/C8H17N2O/c1-4-8(11)10(2,3)7-5-6-9/h4H,1,5-7,9H2,2-3H3/q+1. The van der Waals surface area contributed by atoms with Gasteiger partial charge in [-0.2, -0.15) is 0 Å². The average molecular weight is 157 g/mol. The number of amides is 1. The Hall–Kier alpha value is -0.670. The quantitative estimate of drug-likeness (QED) is 0.465. The molecule has 64 valence electrons. The summed E-state index contributed by atoms with van der Waals surface area (Å²) in [5, 5.41) is 0. The third-order valence-corrected chi connectivity index (χ3v) is 1.69. The van der Waals surface area contributed by atoms with Gasteiger partial charge in [0.15, 0.2) is 0 Å². The fourth-order valence-corrected chi connectivity index (χ4v) is 0.844. The van der Waals surface area contributed by atoms with Crippen LogP contribution in [0.1, 0.15) is 6.42 Å². The van der Waals surface area contributed by atoms with E-state index in [0.717, 1.165) is 13.0 Å². The van der Waals surface area contributed by atoms with Crippen molar-refractivity contribution in [2.24, 2.45) is 5.73 Å². The Morgan fingerprint density at radius 2 is 2.18 bits per heavy atom. The molecular weight excluding hydrogens is 140 g/mol. The number of quaternary nitrogens is 1. The summed E-state index contributed by atoms with van der Waals surface area (Å²) in [6.45, 7) is 4.85. The lowest BCUT2D eigenvalue weighted by molar-refractivity contribution is -0.811. The average Bonchev–Trinajstić information content (AvgIpc) is 1.99. The largest absolute Gasteiger partial charge is 0.337 e. The van der Waals surface area contributed by atoms with Gasteiger partial charge in [-0.3, -0.25) is 4.48 Å². The lowest BCUT2D eigenvalue weighted by Crippen LogP contribution is -2.45. The van der Waals surface area contributed by atoms with Gasteiger partial charge in [0.05, 0.1) is 20.6 Å². The molecule has 1 amide bonds. The Bertz CT molecular complexity index is 152. The summed E-state index contributed by atoms with van der Waals surface area (Å²) in [7, 11) is 3.72. The molecule has 0 unspecified atom stereocenters. The SMILES string of the molecule is C=CC(=O)[N+](C)(C)CCCN. The van der Waals surface area contributed by atoms with E-state index in [4.69, 9.17) is 5.73 Å². The summed E-state index contributed by atoms with van der Waals surface area (Å²) >= 11 is 0. The van der Waals surface area contributed by atoms with E-state index >= 15 is 0 Å². The van der Waals surface area contributed by atoms with E-state index in [1.807, 2.05) is 14.1 Å². The van der Waals surface area contributed by atoms with Crippen LogP contribution in [0.3, 0.4) is 0 Å². The molecule has 0 saturated carbocycles. The molecule has 3 heteroatoms. The molecule has 2 N–H and O–H groups in total. The molecule has 0 aliphatic rings. The first kappa shape index (κ1) is 10.3. The predicted octanol–water partition coefficient (Wildman–Crippen LogP) is 0.124. The summed E-state index contributed by atoms with van der Waals surface area (Å²) in [5.74, 6) is 0.0402. The van der Waals surface area contributed by atoms with Crippen LogP contribution in [0, 0.1) is 0 Å². The molecule has 11 heavy (non-hydrogen) atoms. The molecule has 0 radical (unpaired) electrons. The van der Waals surface area contributed by atoms with Gasteiger partial charge in [-0.1, -0.05) is 6.58 Å². The molecule has 0 rings (SSSR count). The summed E-state index contributed by atoms with van der Waals surface area (Å²) in [6.07, 6.45) is 2.23. The first-order valence-electron chi connectivity index (χ1n) is 3.74. The Morgan fingerprint density at radius 1 is 1.64 bits per heavy atom. The number of likely N-dealkylation sites (N-methyl/N-ethyl adjacent to an activating group) is 1. The number of nitrogens with two attached hydrogens (primary N) is 1. The lowest BCUT2D eigenvalue weighted by Gasteiger charge is -2.24. The van der Waals surface area contributed by atoms with E-state index in [-0.39, 0.29) is 5.91 Å². The summed E-state index contributed by atoms with van der Waals surface area (Å²) in [5.41, 5.74) is 5.33. The third kappa shape index (κ3) is 3.30. The molecule has 3 nitrogen and oxygen atoms in total. The predicted molar refractivity (Wildman–Crippen MR) is 45.9 cm³/mol. The maximum atomic E-state index is 11.2. The molecule has 0 aromatic heterocycles. The van der Waals surface area contributed by atoms with Gasteiger partial charge in [0, 0.05) is 12.5 Å². The van der Waals surface area contributed by atoms with E-state index < -0.39 is 0 Å². The highest BCUT2D eigenvalue weighted by molar-refractivity contribution is 5.80. The van der Waals surface area contributed by atoms with Crippen LogP contribution in [-0.4, -0.2) is 37.6 Å². The smallest absolute Gasteiger partial charge is 0.330 e. The molecule has 0 saturated heterocycles. The summed E-state index contributed by atoms with van der Waals surface area (Å²) in [4.78, 5) is 11.2. The fourth-order valence-electron chi connectivity index (χ4n) is 0.844. The first-order valence-corrected chi connectivity index (χ1v) is 3.74. The molecule has 0 aliphatic carbocycles. The van der Waals surface area contributed by atoms with Gasteiger partial charge in [0.2, 0.25) is 0 Å². The minimum absolute atomic E-state index is 0.0402. The van der Waals surface area contributed by atoms with Crippen molar-refractivity contribution in [3.05, 3.63) is 12.7 Å². The highest BCUT2D eigenvalue weighted by Gasteiger charge is 2.21. The van der Waals surface area contributed by atoms with E-state index in [2.05, 4.69) is 6.58 Å². The lowest BCUT2D eigenvalue weighted by atomic mass is 10.3. The van der Waals surface area contributed by atoms with Crippen LogP contribution in [-0.2, 0) is 4.79 Å². The van der Waals surface area contributed by atoms with Crippen LogP contribution < -0.4 is 5.73 Å². The molecule has 0 spiro atoms. The van der Waals surface area contributed by atoms with Gasteiger partial charge >= 0.3 is 5.91 Å². The van der Waals surface area contributed by atoms with E-state index in [9.17, 15) is 4.79 Å². The Labute approximate surface area is 68.1 Å². The van der Waals surface area contributed by atoms with Crippen LogP contribution in [0.5, 0.6) is 0 Å². The van der Waals surface area contributed by atoms with Crippen LogP contribution in [0.25, 0.3) is 0 Å². The summed E-state index contributed by atoms with van der Waals surface area (Å²) in [6, 6.07) is 0. The highest BCUT2D eigenvalue weighted by Crippen LogP contribution is 1.99. The zero-order chi connectivity index (χ0) is 8.91. The number of hydrogen-bond acceptors (Lipinski definition) is 2. The van der Waals surface area contributed by atoms with Crippen molar-refractivity contribution < 1.29 is 9.28 Å². The van der Waals surface area contributed by atoms with Gasteiger partial charge in [-0.05, 0) is 6.54 Å². The van der Waals surface area contributed by atoms with Crippen LogP contribution in [0.15, 0.2) is 12.7 Å². The van der Waals surface area contributed by atoms with Gasteiger partial charge in [-0.25, -0.2) is 4.79 Å². The maximum absolute atomic E-state index is 11.2. The molecule has 0 aromatic rings. The number of hydrogen-bond donors (Lipinski definition) is 1. The monoisotopic (exact) mass is 157 g/mol. The molecule has 0 fully saturated rings. The topological polar surface area (TPSA) is 43.1 Å². The Balaban J connectivity index is 3.98. The number of carbonyl (C=O) groups excluding carboxylic acids is 1. The van der Waals surface area contributed by atoms with E-state index in [1.54, 1.807) is 0 Å². The van der Waals surface area contributed by atoms with Crippen molar-refractivity contribution in [2.45, 2.75) is 6.42 Å². The van der Waals surface area contributed by atoms with Crippen LogP contribution in [0.4, 0.5) is 0 Å². The van der Waals surface area contributed by atoms with Gasteiger partial charge in [0.25, 0.3) is 0 Å². The second kappa shape index (κ2) is 4.26. The van der Waals surface area contributed by atoms with Gasteiger partial charge in [-0.15, -0.1) is 0 Å². The maximum Gasteiger partial charge on any atom is 0.337 e. The van der Waals surface area contributed by atoms with Crippen molar-refractivity contribution in [1.82, 2.24) is 0 Å². The van der Waals surface area contributed by atoms with Crippen molar-refractivity contribution in [3.8, 4) is 0 Å². The van der Waals surface area contributed by atoms with Crippen molar-refractivity contribution in [3.63, 3.8) is 0 Å². The van der Waals surface area contributed by atoms with Gasteiger partial charge in [0.1, 0.15) is 0 Å². The van der Waals surface area contributed by atoms with E-state index in [0.29, 0.717) is 11.0 Å². The van der Waals surface area contributed by atoms with Crippen LogP contribution >= 0.6 is 0 Å². The second-order valence-electron chi connectivity index (χ2n) is 3.09. The normalized spacial score (nSPS) is 11.2. The number of nitrogens with zero attached hydrogens (tertiary/aromatic N) is 1. The molecule has 0 heterocycles. The van der Waals surface area contributed by atoms with Gasteiger partial charge < -0.3 is 5.73 Å². The fraction of sp³-hybridized carbons (Fsp3) is 0.625. The minimum Gasteiger partial charge on any atom is -0.330 e. The number of carbonyl (C=O) groups is 1. The molecule has 0 aromatic carbocycles. The first-order chi connectivity index (χ1) is 5.04. The molecular formula is C8H17N2O+. The van der Waals surface area contributed by atoms with Crippen molar-refractivity contribution in [1.29, 1.82) is 0 Å². The molecule has 0 atom stereocenters. The number of rotatable bonds is 4. The minimum atomic E-state index is 0.0402. The van der Waals surface area contributed by atoms with E-state index in [1.165, 1.54) is 6.08 Å². The Morgan fingerprint density at radius 3 is 2.55 bits per heavy atom. The van der Waals surface area contributed by atoms with Crippen molar-refractivity contribution in [2.75, 3.05) is 27.2 Å². The van der Waals surface area contributed by atoms with Crippen LogP contribution in [0.2, 0.25) is 0 Å². The highest BCUT2D eigenvalue weighted by atomic mass is 16.2. The zero-order valence-electron chi connectivity index (χ0n) is 7.34. The zero-order valence-corrected chi connectivity index (χ0v) is 7.34. The molecule has 0 aliphatic heterocycles. The third-order valence-electron chi connectivity index (χ3n) is 1.69. The summed E-state index contributed by atoms with van der Waals surface area (Å²) < 4.78 is 0.348. The molecule has 0 bridgehead atoms. The second-order valence-corrected chi connectivity index (χ2v) is 3.09.